The number of nitrogens with zero attached hydrogens (tertiary/aromatic N) is 1. The number of aldehydes is 1. The van der Waals surface area contributed by atoms with Crippen LogP contribution in [-0.4, -0.2) is 61.8 Å². The fourth-order valence-corrected chi connectivity index (χ4v) is 4.23. The normalized spacial score (nSPS) is 13.3. The van der Waals surface area contributed by atoms with Gasteiger partial charge in [-0.1, -0.05) is 33.1 Å². The van der Waals surface area contributed by atoms with Gasteiger partial charge >= 0.3 is 11.9 Å². The zero-order valence-corrected chi connectivity index (χ0v) is 26.0. The molecule has 0 heterocycles. The first-order valence-electron chi connectivity index (χ1n) is 12.8. The largest absolute Gasteiger partial charge is 0.623 e. The number of hydrogen-bond acceptors (Lipinski definition) is 10. The molecule has 0 aliphatic heterocycles. The number of nitrogens with one attached hydrogen (secondary N) is 1. The monoisotopic (exact) mass is 732 g/mol. The summed E-state index contributed by atoms with van der Waals surface area (Å²) in [6, 6.07) is 11.3. The van der Waals surface area contributed by atoms with Crippen molar-refractivity contribution in [3.63, 3.8) is 0 Å². The van der Waals surface area contributed by atoms with Crippen LogP contribution in [0.15, 0.2) is 45.3 Å². The van der Waals surface area contributed by atoms with Crippen LogP contribution in [0.3, 0.4) is 0 Å². The van der Waals surface area contributed by atoms with E-state index in [0.29, 0.717) is 29.6 Å². The lowest BCUT2D eigenvalue weighted by molar-refractivity contribution is -0.469. The molecule has 2 N–H and O–H groups in total. The van der Waals surface area contributed by atoms with E-state index in [1.165, 1.54) is 32.8 Å². The summed E-state index contributed by atoms with van der Waals surface area (Å²) < 4.78 is 22.1. The Morgan fingerprint density at radius 1 is 0.907 bits per heavy atom. The molecule has 0 radical (unpaired) electrons. The lowest BCUT2D eigenvalue weighted by atomic mass is 10.2. The molecule has 43 heavy (non-hydrogen) atoms. The number of rotatable bonds is 12. The predicted molar refractivity (Wildman–Crippen MR) is 170 cm³/mol. The van der Waals surface area contributed by atoms with E-state index < -0.39 is 11.9 Å². The van der Waals surface area contributed by atoms with Crippen LogP contribution in [0, 0.1) is 17.0 Å². The second kappa shape index (κ2) is 21.7. The Morgan fingerprint density at radius 2 is 1.37 bits per heavy atom. The van der Waals surface area contributed by atoms with Gasteiger partial charge in [0.05, 0.1) is 41.9 Å². The van der Waals surface area contributed by atoms with Gasteiger partial charge in [0.25, 0.3) is 6.21 Å². The average Bonchev–Trinajstić information content (AvgIpc) is 3.89. The van der Waals surface area contributed by atoms with E-state index in [9.17, 15) is 19.6 Å². The molecule has 0 atom stereocenters. The van der Waals surface area contributed by atoms with Crippen LogP contribution >= 0.6 is 31.9 Å². The van der Waals surface area contributed by atoms with E-state index in [2.05, 4.69) is 46.8 Å². The number of methoxy groups -OCH3 is 2. The number of esters is 2. The maximum atomic E-state index is 11.7. The summed E-state index contributed by atoms with van der Waals surface area (Å²) in [7, 11) is 2.38. The van der Waals surface area contributed by atoms with E-state index in [1.54, 1.807) is 0 Å². The third kappa shape index (κ3) is 15.9. The lowest BCUT2D eigenvalue weighted by Crippen LogP contribution is -2.14. The number of ether oxygens (including phenoxy) is 4. The molecule has 13 heteroatoms. The van der Waals surface area contributed by atoms with E-state index >= 15 is 0 Å². The van der Waals surface area contributed by atoms with Gasteiger partial charge in [0.1, 0.15) is 11.5 Å². The van der Waals surface area contributed by atoms with Gasteiger partial charge in [0.2, 0.25) is 6.29 Å². The highest BCUT2D eigenvalue weighted by molar-refractivity contribution is 9.10. The molecule has 0 spiro atoms. The number of carbonyl (C=O) groups is 3. The Morgan fingerprint density at radius 3 is 1.77 bits per heavy atom. The Bertz CT molecular complexity index is 1190. The quantitative estimate of drug-likeness (QED) is 0.0519. The Kier molecular flexibility index (Phi) is 20.1. The molecule has 4 rings (SSSR count). The van der Waals surface area contributed by atoms with Crippen molar-refractivity contribution in [2.24, 2.45) is 11.8 Å². The third-order valence-electron chi connectivity index (χ3n) is 5.76. The minimum absolute atomic E-state index is 0. The molecular formula is C30H42Br2N2O9. The third-order valence-corrected chi connectivity index (χ3v) is 7.01. The molecule has 0 aromatic heterocycles. The molecular weight excluding hydrogens is 692 g/mol. The number of halogens is 2. The van der Waals surface area contributed by atoms with Crippen LogP contribution in [0.5, 0.6) is 11.5 Å². The fraction of sp³-hybridized carbons (Fsp3) is 0.467. The van der Waals surface area contributed by atoms with Crippen molar-refractivity contribution in [1.29, 1.82) is 0 Å². The van der Waals surface area contributed by atoms with Crippen LogP contribution in [0.4, 0.5) is 0 Å². The second-order valence-electron chi connectivity index (χ2n) is 9.17. The minimum atomic E-state index is -0.838. The first-order chi connectivity index (χ1) is 19.7. The summed E-state index contributed by atoms with van der Waals surface area (Å²) in [5.41, 5.74) is 3.85. The Labute approximate surface area is 270 Å². The molecule has 0 amide bonds. The molecule has 0 saturated heterocycles. The summed E-state index contributed by atoms with van der Waals surface area (Å²) in [6.45, 7) is 1.88. The Hall–Kier alpha value is -3.00. The number of hydroxylamine groups is 2. The van der Waals surface area contributed by atoms with Gasteiger partial charge in [-0.3, -0.25) is 4.79 Å². The van der Waals surface area contributed by atoms with E-state index in [4.69, 9.17) is 14.7 Å². The van der Waals surface area contributed by atoms with E-state index in [0.717, 1.165) is 51.7 Å². The minimum Gasteiger partial charge on any atom is -0.623 e. The van der Waals surface area contributed by atoms with Crippen molar-refractivity contribution in [2.45, 2.75) is 53.6 Å². The highest BCUT2D eigenvalue weighted by atomic mass is 79.9. The van der Waals surface area contributed by atoms with Gasteiger partial charge in [0, 0.05) is 12.1 Å². The lowest BCUT2D eigenvalue weighted by Gasteiger charge is -2.12. The highest BCUT2D eigenvalue weighted by Crippen LogP contribution is 2.35. The van der Waals surface area contributed by atoms with Gasteiger partial charge in [0.15, 0.2) is 6.54 Å². The summed E-state index contributed by atoms with van der Waals surface area (Å²) in [4.78, 5) is 29.9. The van der Waals surface area contributed by atoms with Gasteiger partial charge < -0.3 is 29.4 Å². The van der Waals surface area contributed by atoms with Crippen LogP contribution in [0.25, 0.3) is 0 Å². The SMILES string of the molecule is C.C.COC(=O)/C=[N+](\[O-])Cc1cccc(Br)c1OCC1CC1.COC(=O)C=O.ONCc1cccc(Br)c1OCC1CC1. The molecule has 2 saturated carbocycles. The first-order valence-corrected chi connectivity index (χ1v) is 14.4. The zero-order valence-electron chi connectivity index (χ0n) is 22.8. The molecule has 0 bridgehead atoms. The molecule has 0 unspecified atom stereocenters. The second-order valence-corrected chi connectivity index (χ2v) is 10.9. The summed E-state index contributed by atoms with van der Waals surface area (Å²) in [5, 5.41) is 20.4. The zero-order chi connectivity index (χ0) is 30.2. The molecule has 2 aliphatic carbocycles. The van der Waals surface area contributed by atoms with Gasteiger partial charge in [-0.2, -0.15) is 0 Å². The van der Waals surface area contributed by atoms with E-state index in [-0.39, 0.29) is 27.7 Å². The van der Waals surface area contributed by atoms with Crippen LogP contribution in [0.2, 0.25) is 0 Å². The number of hydrogen-bond donors (Lipinski definition) is 2. The summed E-state index contributed by atoms with van der Waals surface area (Å²) in [6.07, 6.45) is 5.94. The smallest absolute Gasteiger partial charge is 0.396 e. The molecule has 2 aliphatic rings. The van der Waals surface area contributed by atoms with Gasteiger partial charge in [-0.05, 0) is 87.6 Å². The van der Waals surface area contributed by atoms with Gasteiger partial charge in [-0.25, -0.2) is 19.8 Å². The highest BCUT2D eigenvalue weighted by Gasteiger charge is 2.24. The fourth-order valence-electron chi connectivity index (χ4n) is 3.18. The maximum absolute atomic E-state index is 11.7. The standard InChI is InChI=1S/C14H16BrNO4.C11H14BrNO2.C3H4O3.2CH4/c1-19-13(17)8-16(18)7-11-3-2-4-12(15)14(11)20-9-10-5-6-10;12-10-3-1-2-9(6-13-14)11(10)15-7-8-4-5-8;1-6-3(5)2-4;;/h2-4,8,10H,5-7,9H2,1H3;1-3,8,13-14H,4-7H2;2H,1H3;2*1H4/b16-8-;;;;. The molecule has 2 aromatic rings. The summed E-state index contributed by atoms with van der Waals surface area (Å²) in [5.74, 6) is 1.35. The van der Waals surface area contributed by atoms with Crippen molar-refractivity contribution >= 4 is 56.3 Å². The topological polar surface area (TPSA) is 146 Å². The van der Waals surface area contributed by atoms with Crippen molar-refractivity contribution in [3.05, 3.63) is 61.7 Å². The number of carbonyl (C=O) groups excluding carboxylic acids is 3. The van der Waals surface area contributed by atoms with Crippen molar-refractivity contribution in [1.82, 2.24) is 5.48 Å². The van der Waals surface area contributed by atoms with Crippen LogP contribution in [0.1, 0.15) is 51.7 Å². The van der Waals surface area contributed by atoms with Crippen molar-refractivity contribution in [2.75, 3.05) is 27.4 Å². The van der Waals surface area contributed by atoms with Crippen molar-refractivity contribution < 1.29 is 43.3 Å². The molecule has 2 fully saturated rings. The number of benzene rings is 2. The summed E-state index contributed by atoms with van der Waals surface area (Å²) >= 11 is 6.88. The molecule has 240 valence electrons. The van der Waals surface area contributed by atoms with E-state index in [1.807, 2.05) is 36.4 Å². The maximum Gasteiger partial charge on any atom is 0.396 e. The molecule has 11 nitrogen and oxygen atoms in total. The first kappa shape index (κ1) is 40.0. The van der Waals surface area contributed by atoms with Crippen molar-refractivity contribution in [3.8, 4) is 11.5 Å². The predicted octanol–water partition coefficient (Wildman–Crippen LogP) is 5.84. The molecule has 2 aromatic carbocycles. The number of para-hydroxylation sites is 2. The van der Waals surface area contributed by atoms with Crippen LogP contribution < -0.4 is 15.0 Å². The van der Waals surface area contributed by atoms with Crippen LogP contribution in [-0.2, 0) is 36.9 Å². The Balaban J connectivity index is 0.000000680. The average molecular weight is 734 g/mol. The van der Waals surface area contributed by atoms with Gasteiger partial charge in [-0.15, -0.1) is 0 Å².